The number of hydrogen-bond acceptors (Lipinski definition) is 0. The first-order valence-corrected chi connectivity index (χ1v) is 4.65. The van der Waals surface area contributed by atoms with Crippen LogP contribution in [0, 0.1) is 0 Å². The van der Waals surface area contributed by atoms with Gasteiger partial charge in [-0.2, -0.15) is 0 Å². The molecule has 0 fully saturated rings. The van der Waals surface area contributed by atoms with Crippen molar-refractivity contribution >= 4 is 10.9 Å². The zero-order valence-corrected chi connectivity index (χ0v) is 5.76. The molecule has 0 heterocycles. The summed E-state index contributed by atoms with van der Waals surface area (Å²) in [5.74, 6) is 2.79. The highest BCUT2D eigenvalue weighted by Gasteiger charge is 1.82. The molecule has 0 radical (unpaired) electrons. The molecule has 0 aliphatic heterocycles. The van der Waals surface area contributed by atoms with E-state index in [1.165, 1.54) is 11.5 Å². The van der Waals surface area contributed by atoms with E-state index in [0.717, 1.165) is 0 Å². The quantitative estimate of drug-likeness (QED) is 0.508. The second-order valence-corrected chi connectivity index (χ2v) is 4.47. The Morgan fingerprint density at radius 1 is 1.17 bits per heavy atom. The van der Waals surface area contributed by atoms with E-state index in [0.29, 0.717) is 10.9 Å². The van der Waals surface area contributed by atoms with E-state index in [2.05, 4.69) is 20.1 Å². The highest BCUT2D eigenvalue weighted by molar-refractivity contribution is 8.16. The molecule has 0 saturated carbocycles. The molecule has 1 heteroatoms. The van der Waals surface area contributed by atoms with Crippen LogP contribution in [-0.4, -0.2) is 17.8 Å². The van der Waals surface area contributed by atoms with Crippen LogP contribution in [0.2, 0.25) is 0 Å². The van der Waals surface area contributed by atoms with Crippen molar-refractivity contribution in [1.29, 1.82) is 0 Å². The zero-order valence-electron chi connectivity index (χ0n) is 4.86. The van der Waals surface area contributed by atoms with Gasteiger partial charge in [0.2, 0.25) is 0 Å². The lowest BCUT2D eigenvalue weighted by molar-refractivity contribution is 1.44. The molecule has 0 aliphatic carbocycles. The SMILES string of the molecule is CC[SH](C)CC. The molecule has 0 aromatic carbocycles. The van der Waals surface area contributed by atoms with Crippen LogP contribution in [0.15, 0.2) is 0 Å². The fourth-order valence-electron chi connectivity index (χ4n) is 0.224. The Hall–Kier alpha value is 0.350. The van der Waals surface area contributed by atoms with Gasteiger partial charge >= 0.3 is 0 Å². The number of rotatable bonds is 2. The highest BCUT2D eigenvalue weighted by Crippen LogP contribution is 2.15. The van der Waals surface area contributed by atoms with Crippen molar-refractivity contribution in [2.75, 3.05) is 17.8 Å². The minimum atomic E-state index is 0.424. The van der Waals surface area contributed by atoms with Crippen LogP contribution >= 0.6 is 10.9 Å². The molecule has 0 nitrogen and oxygen atoms in total. The Morgan fingerprint density at radius 3 is 1.50 bits per heavy atom. The molecule has 0 spiro atoms. The maximum Gasteiger partial charge on any atom is -0.0284 e. The molecule has 0 bridgehead atoms. The highest BCUT2D eigenvalue weighted by atomic mass is 32.2. The maximum atomic E-state index is 2.34. The van der Waals surface area contributed by atoms with Gasteiger partial charge in [-0.15, -0.1) is 0 Å². The predicted molar refractivity (Wildman–Crippen MR) is 36.0 cm³/mol. The second kappa shape index (κ2) is 3.54. The lowest BCUT2D eigenvalue weighted by atomic mass is 11.0. The second-order valence-electron chi connectivity index (χ2n) is 1.49. The summed E-state index contributed by atoms with van der Waals surface area (Å²) < 4.78 is 0. The molecule has 0 rings (SSSR count). The normalized spacial score (nSPS) is 11.5. The van der Waals surface area contributed by atoms with Crippen LogP contribution in [0.1, 0.15) is 13.8 Å². The van der Waals surface area contributed by atoms with E-state index in [-0.39, 0.29) is 0 Å². The van der Waals surface area contributed by atoms with Crippen molar-refractivity contribution < 1.29 is 0 Å². The van der Waals surface area contributed by atoms with Gasteiger partial charge in [0.25, 0.3) is 0 Å². The third-order valence-electron chi connectivity index (χ3n) is 1.08. The van der Waals surface area contributed by atoms with E-state index in [4.69, 9.17) is 0 Å². The molecule has 0 unspecified atom stereocenters. The van der Waals surface area contributed by atoms with E-state index in [9.17, 15) is 0 Å². The fraction of sp³-hybridized carbons (Fsp3) is 1.00. The van der Waals surface area contributed by atoms with Crippen LogP contribution < -0.4 is 0 Å². The Bertz CT molecular complexity index is 23.1. The molecular formula is C5H14S. The average Bonchev–Trinajstić information content (AvgIpc) is 1.65. The Kier molecular flexibility index (Phi) is 3.74. The van der Waals surface area contributed by atoms with Crippen molar-refractivity contribution in [1.82, 2.24) is 0 Å². The lowest BCUT2D eigenvalue weighted by Crippen LogP contribution is -1.81. The maximum absolute atomic E-state index is 2.34. The Balaban J connectivity index is 2.75. The summed E-state index contributed by atoms with van der Waals surface area (Å²) >= 11 is 0. The van der Waals surface area contributed by atoms with Gasteiger partial charge in [-0.05, 0) is 17.8 Å². The Morgan fingerprint density at radius 2 is 1.50 bits per heavy atom. The van der Waals surface area contributed by atoms with Crippen molar-refractivity contribution in [3.8, 4) is 0 Å². The van der Waals surface area contributed by atoms with Gasteiger partial charge in [0.05, 0.1) is 0 Å². The summed E-state index contributed by atoms with van der Waals surface area (Å²) in [6.07, 6.45) is 2.34. The van der Waals surface area contributed by atoms with Crippen LogP contribution in [0.4, 0.5) is 0 Å². The van der Waals surface area contributed by atoms with E-state index in [1.807, 2.05) is 0 Å². The summed E-state index contributed by atoms with van der Waals surface area (Å²) in [7, 11) is 0.424. The first-order valence-electron chi connectivity index (χ1n) is 2.49. The van der Waals surface area contributed by atoms with Gasteiger partial charge in [-0.1, -0.05) is 13.8 Å². The predicted octanol–water partition coefficient (Wildman–Crippen LogP) is 1.66. The smallest absolute Gasteiger partial charge is 0.0284 e. The molecule has 0 aromatic rings. The molecular weight excluding hydrogens is 92.1 g/mol. The minimum absolute atomic E-state index is 0.424. The number of hydrogen-bond donors (Lipinski definition) is 1. The van der Waals surface area contributed by atoms with Gasteiger partial charge < -0.3 is 0 Å². The summed E-state index contributed by atoms with van der Waals surface area (Å²) in [5.41, 5.74) is 0. The standard InChI is InChI=1S/C5H14S/c1-4-6(3)5-2/h6H,4-5H2,1-3H3. The van der Waals surface area contributed by atoms with Gasteiger partial charge in [-0.25, -0.2) is 0 Å². The first-order chi connectivity index (χ1) is 2.81. The third-order valence-corrected chi connectivity index (χ3v) is 3.24. The molecule has 0 aliphatic rings. The van der Waals surface area contributed by atoms with Gasteiger partial charge in [0.15, 0.2) is 0 Å². The van der Waals surface area contributed by atoms with E-state index < -0.39 is 0 Å². The van der Waals surface area contributed by atoms with Crippen LogP contribution in [0.3, 0.4) is 0 Å². The number of thiol groups is 1. The topological polar surface area (TPSA) is 0 Å². The fourth-order valence-corrected chi connectivity index (χ4v) is 0.671. The molecule has 0 aromatic heterocycles. The monoisotopic (exact) mass is 106 g/mol. The molecule has 40 valence electrons. The van der Waals surface area contributed by atoms with Crippen molar-refractivity contribution in [3.05, 3.63) is 0 Å². The summed E-state index contributed by atoms with van der Waals surface area (Å²) in [6.45, 7) is 4.52. The van der Waals surface area contributed by atoms with Gasteiger partial charge in [-0.3, -0.25) is 10.9 Å². The molecule has 0 saturated heterocycles. The average molecular weight is 106 g/mol. The van der Waals surface area contributed by atoms with Crippen LogP contribution in [0.5, 0.6) is 0 Å². The van der Waals surface area contributed by atoms with Gasteiger partial charge in [0, 0.05) is 0 Å². The molecule has 6 heavy (non-hydrogen) atoms. The summed E-state index contributed by atoms with van der Waals surface area (Å²) in [4.78, 5) is 0. The van der Waals surface area contributed by atoms with Gasteiger partial charge in [0.1, 0.15) is 0 Å². The largest absolute Gasteiger partial charge is 0.257 e. The summed E-state index contributed by atoms with van der Waals surface area (Å²) in [6, 6.07) is 0. The molecule has 0 atom stereocenters. The van der Waals surface area contributed by atoms with Crippen molar-refractivity contribution in [2.45, 2.75) is 13.8 Å². The molecule has 0 amide bonds. The zero-order chi connectivity index (χ0) is 4.99. The van der Waals surface area contributed by atoms with Crippen LogP contribution in [-0.2, 0) is 0 Å². The lowest BCUT2D eigenvalue weighted by Gasteiger charge is -2.06. The van der Waals surface area contributed by atoms with E-state index in [1.54, 1.807) is 0 Å². The minimum Gasteiger partial charge on any atom is -0.257 e. The van der Waals surface area contributed by atoms with E-state index >= 15 is 0 Å². The first kappa shape index (κ1) is 6.35. The summed E-state index contributed by atoms with van der Waals surface area (Å²) in [5, 5.41) is 0. The van der Waals surface area contributed by atoms with Crippen LogP contribution in [0.25, 0.3) is 0 Å². The Labute approximate surface area is 43.3 Å². The van der Waals surface area contributed by atoms with Crippen molar-refractivity contribution in [2.24, 2.45) is 0 Å². The third kappa shape index (κ3) is 2.58. The van der Waals surface area contributed by atoms with Crippen molar-refractivity contribution in [3.63, 3.8) is 0 Å². The molecule has 0 N–H and O–H groups in total.